The maximum atomic E-state index is 13.8. The van der Waals surface area contributed by atoms with Crippen molar-refractivity contribution in [2.45, 2.75) is 0 Å². The minimum absolute atomic E-state index is 0.268. The fourth-order valence-electron chi connectivity index (χ4n) is 1.71. The lowest BCUT2D eigenvalue weighted by Gasteiger charge is -2.14. The number of aromatic nitrogens is 2. The Kier molecular flexibility index (Phi) is 2.75. The number of rotatable bonds is 2. The molecule has 0 fully saturated rings. The van der Waals surface area contributed by atoms with Gasteiger partial charge < -0.3 is 10.6 Å². The van der Waals surface area contributed by atoms with E-state index in [2.05, 4.69) is 5.10 Å². The van der Waals surface area contributed by atoms with E-state index in [9.17, 15) is 4.39 Å². The normalized spacial score (nSPS) is 10.6. The van der Waals surface area contributed by atoms with Gasteiger partial charge >= 0.3 is 0 Å². The first-order chi connectivity index (χ1) is 8.00. The zero-order chi connectivity index (χ0) is 12.6. The van der Waals surface area contributed by atoms with Crippen molar-refractivity contribution in [3.8, 4) is 11.1 Å². The highest BCUT2D eigenvalue weighted by Crippen LogP contribution is 2.28. The summed E-state index contributed by atoms with van der Waals surface area (Å²) in [5.74, 6) is 0.262. The van der Waals surface area contributed by atoms with Gasteiger partial charge in [-0.05, 0) is 17.7 Å². The molecule has 0 saturated carbocycles. The van der Waals surface area contributed by atoms with E-state index in [0.717, 1.165) is 11.1 Å². The Morgan fingerprint density at radius 3 is 2.53 bits per heavy atom. The Bertz CT molecular complexity index is 545. The molecule has 1 aromatic heterocycles. The van der Waals surface area contributed by atoms with Crippen LogP contribution in [0, 0.1) is 5.82 Å². The van der Waals surface area contributed by atoms with Gasteiger partial charge in [0.25, 0.3) is 0 Å². The van der Waals surface area contributed by atoms with Gasteiger partial charge in [-0.15, -0.1) is 0 Å². The van der Waals surface area contributed by atoms with Crippen LogP contribution < -0.4 is 10.6 Å². The Hall–Kier alpha value is -2.04. The molecule has 0 aliphatic rings. The van der Waals surface area contributed by atoms with Gasteiger partial charge in [0.1, 0.15) is 11.6 Å². The lowest BCUT2D eigenvalue weighted by Crippen LogP contribution is -2.10. The molecular formula is C12H15FN4. The van der Waals surface area contributed by atoms with E-state index in [0.29, 0.717) is 11.5 Å². The highest BCUT2D eigenvalue weighted by atomic mass is 19.1. The van der Waals surface area contributed by atoms with Gasteiger partial charge in [0, 0.05) is 26.7 Å². The third kappa shape index (κ3) is 1.95. The molecule has 0 aliphatic carbocycles. The third-order valence-electron chi connectivity index (χ3n) is 2.73. The number of hydrogen-bond acceptors (Lipinski definition) is 3. The van der Waals surface area contributed by atoms with Crippen LogP contribution in [0.1, 0.15) is 0 Å². The summed E-state index contributed by atoms with van der Waals surface area (Å²) < 4.78 is 15.4. The number of benzene rings is 1. The van der Waals surface area contributed by atoms with E-state index in [1.54, 1.807) is 43.0 Å². The molecule has 0 spiro atoms. The van der Waals surface area contributed by atoms with E-state index >= 15 is 0 Å². The second-order valence-electron chi connectivity index (χ2n) is 4.13. The Balaban J connectivity index is 2.48. The molecule has 0 aliphatic heterocycles. The summed E-state index contributed by atoms with van der Waals surface area (Å²) in [4.78, 5) is 1.73. The monoisotopic (exact) mass is 234 g/mol. The van der Waals surface area contributed by atoms with Crippen LogP contribution in [0.4, 0.5) is 15.9 Å². The maximum absolute atomic E-state index is 13.8. The number of anilines is 2. The molecule has 1 aromatic carbocycles. The van der Waals surface area contributed by atoms with Gasteiger partial charge in [0.05, 0.1) is 11.9 Å². The second-order valence-corrected chi connectivity index (χ2v) is 4.13. The summed E-state index contributed by atoms with van der Waals surface area (Å²) in [6.45, 7) is 0. The van der Waals surface area contributed by atoms with E-state index in [4.69, 9.17) is 5.73 Å². The average molecular weight is 234 g/mol. The van der Waals surface area contributed by atoms with E-state index in [-0.39, 0.29) is 5.82 Å². The van der Waals surface area contributed by atoms with E-state index < -0.39 is 0 Å². The minimum atomic E-state index is -0.268. The molecule has 0 atom stereocenters. The van der Waals surface area contributed by atoms with Crippen LogP contribution in [-0.4, -0.2) is 23.9 Å². The fraction of sp³-hybridized carbons (Fsp3) is 0.250. The summed E-state index contributed by atoms with van der Waals surface area (Å²) in [6.07, 6.45) is 1.64. The number of halogens is 1. The predicted molar refractivity (Wildman–Crippen MR) is 67.3 cm³/mol. The van der Waals surface area contributed by atoms with Gasteiger partial charge in [-0.25, -0.2) is 4.39 Å². The molecule has 2 N–H and O–H groups in total. The van der Waals surface area contributed by atoms with Crippen LogP contribution >= 0.6 is 0 Å². The van der Waals surface area contributed by atoms with Gasteiger partial charge in [0.15, 0.2) is 0 Å². The molecule has 0 unspecified atom stereocenters. The molecular weight excluding hydrogens is 219 g/mol. The van der Waals surface area contributed by atoms with Crippen LogP contribution in [0.2, 0.25) is 0 Å². The first-order valence-electron chi connectivity index (χ1n) is 5.25. The number of nitrogens with zero attached hydrogens (tertiary/aromatic N) is 3. The third-order valence-corrected chi connectivity index (χ3v) is 2.73. The van der Waals surface area contributed by atoms with Gasteiger partial charge in [-0.2, -0.15) is 5.10 Å². The molecule has 2 rings (SSSR count). The molecule has 90 valence electrons. The lowest BCUT2D eigenvalue weighted by atomic mass is 10.1. The largest absolute Gasteiger partial charge is 0.383 e. The van der Waals surface area contributed by atoms with Crippen molar-refractivity contribution >= 4 is 11.5 Å². The standard InChI is InChI=1S/C12H15FN4/c1-16(2)11-5-4-8(6-10(11)13)9-7-15-17(3)12(9)14/h4-7H,14H2,1-3H3. The van der Waals surface area contributed by atoms with Crippen molar-refractivity contribution in [3.05, 3.63) is 30.2 Å². The summed E-state index contributed by atoms with van der Waals surface area (Å²) in [5, 5.41) is 4.04. The minimum Gasteiger partial charge on any atom is -0.383 e. The molecule has 1 heterocycles. The zero-order valence-electron chi connectivity index (χ0n) is 10.1. The quantitative estimate of drug-likeness (QED) is 0.863. The first-order valence-corrected chi connectivity index (χ1v) is 5.25. The van der Waals surface area contributed by atoms with Gasteiger partial charge in [-0.1, -0.05) is 6.07 Å². The van der Waals surface area contributed by atoms with Crippen molar-refractivity contribution in [1.82, 2.24) is 9.78 Å². The SMILES string of the molecule is CN(C)c1ccc(-c2cnn(C)c2N)cc1F. The predicted octanol–water partition coefficient (Wildman–Crippen LogP) is 1.87. The van der Waals surface area contributed by atoms with Crippen molar-refractivity contribution in [3.63, 3.8) is 0 Å². The van der Waals surface area contributed by atoms with Crippen LogP contribution in [0.5, 0.6) is 0 Å². The Labute approximate surface area is 99.5 Å². The summed E-state index contributed by atoms with van der Waals surface area (Å²) in [5.41, 5.74) is 7.88. The average Bonchev–Trinajstić information content (AvgIpc) is 2.59. The van der Waals surface area contributed by atoms with Gasteiger partial charge in [-0.3, -0.25) is 4.68 Å². The number of nitrogens with two attached hydrogens (primary N) is 1. The molecule has 0 saturated heterocycles. The smallest absolute Gasteiger partial charge is 0.147 e. The zero-order valence-corrected chi connectivity index (χ0v) is 10.1. The number of aryl methyl sites for hydroxylation is 1. The topological polar surface area (TPSA) is 47.1 Å². The Morgan fingerprint density at radius 1 is 1.35 bits per heavy atom. The van der Waals surface area contributed by atoms with Crippen molar-refractivity contribution in [2.75, 3.05) is 24.7 Å². The first kappa shape index (κ1) is 11.4. The second kappa shape index (κ2) is 4.08. The number of hydrogen-bond donors (Lipinski definition) is 1. The van der Waals surface area contributed by atoms with Crippen LogP contribution in [0.3, 0.4) is 0 Å². The molecule has 4 nitrogen and oxygen atoms in total. The number of nitrogen functional groups attached to an aromatic ring is 1. The lowest BCUT2D eigenvalue weighted by molar-refractivity contribution is 0.626. The molecule has 2 aromatic rings. The molecule has 17 heavy (non-hydrogen) atoms. The summed E-state index contributed by atoms with van der Waals surface area (Å²) in [7, 11) is 5.36. The van der Waals surface area contributed by atoms with Gasteiger partial charge in [0.2, 0.25) is 0 Å². The van der Waals surface area contributed by atoms with Crippen molar-refractivity contribution in [1.29, 1.82) is 0 Å². The molecule has 0 radical (unpaired) electrons. The van der Waals surface area contributed by atoms with Crippen LogP contribution in [0.25, 0.3) is 11.1 Å². The van der Waals surface area contributed by atoms with E-state index in [1.807, 2.05) is 6.07 Å². The summed E-state index contributed by atoms with van der Waals surface area (Å²) in [6, 6.07) is 5.05. The van der Waals surface area contributed by atoms with Crippen molar-refractivity contribution in [2.24, 2.45) is 7.05 Å². The highest BCUT2D eigenvalue weighted by Gasteiger charge is 2.11. The van der Waals surface area contributed by atoms with Crippen LogP contribution in [0.15, 0.2) is 24.4 Å². The molecule has 5 heteroatoms. The molecule has 0 bridgehead atoms. The fourth-order valence-corrected chi connectivity index (χ4v) is 1.71. The molecule has 0 amide bonds. The highest BCUT2D eigenvalue weighted by molar-refractivity contribution is 5.74. The summed E-state index contributed by atoms with van der Waals surface area (Å²) >= 11 is 0. The van der Waals surface area contributed by atoms with E-state index in [1.165, 1.54) is 6.07 Å². The maximum Gasteiger partial charge on any atom is 0.147 e. The van der Waals surface area contributed by atoms with Crippen LogP contribution in [-0.2, 0) is 7.05 Å². The Morgan fingerprint density at radius 2 is 2.06 bits per heavy atom. The van der Waals surface area contributed by atoms with Crippen molar-refractivity contribution < 1.29 is 4.39 Å².